The molecule has 3 aromatic carbocycles. The van der Waals surface area contributed by atoms with Crippen LogP contribution >= 0.6 is 11.6 Å². The first kappa shape index (κ1) is 23.7. The highest BCUT2D eigenvalue weighted by atomic mass is 35.5. The number of aromatic nitrogens is 2. The first-order chi connectivity index (χ1) is 16.5. The fourth-order valence-corrected chi connectivity index (χ4v) is 4.14. The average Bonchev–Trinajstić information content (AvgIpc) is 2.86. The average molecular weight is 473 g/mol. The molecule has 4 rings (SSSR count). The van der Waals surface area contributed by atoms with Gasteiger partial charge in [0.15, 0.2) is 0 Å². The topological polar surface area (TPSA) is 58.1 Å². The van der Waals surface area contributed by atoms with Crippen molar-refractivity contribution in [1.29, 1.82) is 0 Å². The van der Waals surface area contributed by atoms with Crippen LogP contribution < -0.4 is 10.2 Å². The van der Waals surface area contributed by atoms with Crippen LogP contribution in [0.2, 0.25) is 5.02 Å². The summed E-state index contributed by atoms with van der Waals surface area (Å²) in [5, 5.41) is 4.69. The molecule has 0 fully saturated rings. The second-order valence-electron chi connectivity index (χ2n) is 8.34. The van der Waals surface area contributed by atoms with Gasteiger partial charge in [-0.15, -0.1) is 0 Å². The molecule has 0 spiro atoms. The minimum Gasteiger partial charge on any atom is -0.351 e. The van der Waals surface area contributed by atoms with E-state index in [0.29, 0.717) is 31.0 Å². The van der Waals surface area contributed by atoms with Gasteiger partial charge in [0.2, 0.25) is 5.91 Å². The van der Waals surface area contributed by atoms with Gasteiger partial charge < -0.3 is 10.2 Å². The van der Waals surface area contributed by atoms with Crippen molar-refractivity contribution in [3.05, 3.63) is 101 Å². The van der Waals surface area contributed by atoms with Crippen LogP contribution in [0.5, 0.6) is 0 Å². The third-order valence-electron chi connectivity index (χ3n) is 5.80. The van der Waals surface area contributed by atoms with Crippen LogP contribution in [-0.4, -0.2) is 22.4 Å². The Bertz CT molecular complexity index is 1250. The second kappa shape index (κ2) is 11.1. The monoisotopic (exact) mass is 472 g/mol. The lowest BCUT2D eigenvalue weighted by atomic mass is 10.1. The highest BCUT2D eigenvalue weighted by Crippen LogP contribution is 2.28. The normalized spacial score (nSPS) is 11.9. The quantitative estimate of drug-likeness (QED) is 0.319. The number of anilines is 1. The van der Waals surface area contributed by atoms with Crippen molar-refractivity contribution < 1.29 is 4.79 Å². The van der Waals surface area contributed by atoms with Crippen molar-refractivity contribution in [1.82, 2.24) is 15.3 Å². The molecule has 0 aliphatic carbocycles. The molecule has 34 heavy (non-hydrogen) atoms. The molecule has 174 valence electrons. The second-order valence-corrected chi connectivity index (χ2v) is 8.77. The van der Waals surface area contributed by atoms with Crippen LogP contribution in [-0.2, 0) is 17.8 Å². The zero-order valence-electron chi connectivity index (χ0n) is 19.5. The molecule has 1 heterocycles. The minimum absolute atomic E-state index is 0.00605. The lowest BCUT2D eigenvalue weighted by Crippen LogP contribution is -2.32. The molecular weight excluding hydrogens is 444 g/mol. The van der Waals surface area contributed by atoms with Crippen LogP contribution in [0.4, 0.5) is 5.82 Å². The number of carbonyl (C=O) groups excluding carboxylic acids is 1. The van der Waals surface area contributed by atoms with Crippen LogP contribution in [0.3, 0.4) is 0 Å². The molecule has 5 nitrogen and oxygen atoms in total. The predicted octanol–water partition coefficient (Wildman–Crippen LogP) is 6.12. The van der Waals surface area contributed by atoms with Crippen LogP contribution in [0.25, 0.3) is 10.9 Å². The molecule has 6 heteroatoms. The van der Waals surface area contributed by atoms with E-state index in [9.17, 15) is 4.79 Å². The maximum atomic E-state index is 12.9. The zero-order chi connectivity index (χ0) is 23.9. The van der Waals surface area contributed by atoms with Crippen LogP contribution in [0.1, 0.15) is 43.3 Å². The summed E-state index contributed by atoms with van der Waals surface area (Å²) in [6, 6.07) is 25.9. The fourth-order valence-electron chi connectivity index (χ4n) is 3.97. The SMILES string of the molecule is CCc1nc(N(CCC(=O)N[C@@H](C)c2ccccc2)Cc2ccccc2)c2ccc(Cl)cc2n1. The Hall–Kier alpha value is -3.44. The van der Waals surface area contributed by atoms with Gasteiger partial charge in [0.05, 0.1) is 11.6 Å². The van der Waals surface area contributed by atoms with E-state index < -0.39 is 0 Å². The number of nitrogens with one attached hydrogen (secondary N) is 1. The first-order valence-electron chi connectivity index (χ1n) is 11.6. The van der Waals surface area contributed by atoms with Gasteiger partial charge in [0.25, 0.3) is 0 Å². The summed E-state index contributed by atoms with van der Waals surface area (Å²) in [5.41, 5.74) is 3.05. The smallest absolute Gasteiger partial charge is 0.222 e. The molecule has 0 saturated heterocycles. The number of carbonyl (C=O) groups is 1. The van der Waals surface area contributed by atoms with Gasteiger partial charge >= 0.3 is 0 Å². The largest absolute Gasteiger partial charge is 0.351 e. The molecule has 0 radical (unpaired) electrons. The maximum Gasteiger partial charge on any atom is 0.222 e. The Balaban J connectivity index is 1.59. The number of aryl methyl sites for hydroxylation is 1. The number of rotatable bonds is 9. The lowest BCUT2D eigenvalue weighted by molar-refractivity contribution is -0.121. The van der Waals surface area contributed by atoms with E-state index in [4.69, 9.17) is 16.6 Å². The Morgan fingerprint density at radius 1 is 1.00 bits per heavy atom. The van der Waals surface area contributed by atoms with E-state index in [0.717, 1.165) is 33.7 Å². The van der Waals surface area contributed by atoms with Crippen LogP contribution in [0, 0.1) is 0 Å². The molecule has 1 amide bonds. The van der Waals surface area contributed by atoms with Gasteiger partial charge in [0.1, 0.15) is 11.6 Å². The summed E-state index contributed by atoms with van der Waals surface area (Å²) >= 11 is 6.25. The molecule has 0 bridgehead atoms. The summed E-state index contributed by atoms with van der Waals surface area (Å²) in [7, 11) is 0. The van der Waals surface area contributed by atoms with E-state index in [1.54, 1.807) is 0 Å². The number of hydrogen-bond acceptors (Lipinski definition) is 4. The van der Waals surface area contributed by atoms with Gasteiger partial charge in [-0.05, 0) is 36.2 Å². The number of amides is 1. The Morgan fingerprint density at radius 2 is 1.71 bits per heavy atom. The number of fused-ring (bicyclic) bond motifs is 1. The van der Waals surface area contributed by atoms with Gasteiger partial charge in [-0.1, -0.05) is 79.2 Å². The summed E-state index contributed by atoms with van der Waals surface area (Å²) in [5.74, 6) is 1.59. The van der Waals surface area contributed by atoms with Crippen molar-refractivity contribution in [2.24, 2.45) is 0 Å². The van der Waals surface area contributed by atoms with Gasteiger partial charge in [-0.3, -0.25) is 4.79 Å². The highest BCUT2D eigenvalue weighted by molar-refractivity contribution is 6.31. The summed E-state index contributed by atoms with van der Waals surface area (Å²) in [6.45, 7) is 5.21. The van der Waals surface area contributed by atoms with Crippen molar-refractivity contribution in [3.63, 3.8) is 0 Å². The van der Waals surface area contributed by atoms with Gasteiger partial charge in [0, 0.05) is 36.3 Å². The predicted molar refractivity (Wildman–Crippen MR) is 139 cm³/mol. The summed E-state index contributed by atoms with van der Waals surface area (Å²) in [6.07, 6.45) is 1.06. The number of benzene rings is 3. The van der Waals surface area contributed by atoms with E-state index in [2.05, 4.69) is 27.3 Å². The number of halogens is 1. The first-order valence-corrected chi connectivity index (χ1v) is 12.0. The molecule has 0 aliphatic heterocycles. The van der Waals surface area contributed by atoms with E-state index in [1.807, 2.05) is 80.6 Å². The Labute approximate surface area is 205 Å². The molecular formula is C28H29ClN4O. The molecule has 4 aromatic rings. The van der Waals surface area contributed by atoms with E-state index in [1.165, 1.54) is 0 Å². The zero-order valence-corrected chi connectivity index (χ0v) is 20.3. The molecule has 0 unspecified atom stereocenters. The Morgan fingerprint density at radius 3 is 2.41 bits per heavy atom. The van der Waals surface area contributed by atoms with E-state index in [-0.39, 0.29) is 11.9 Å². The molecule has 1 aromatic heterocycles. The third-order valence-corrected chi connectivity index (χ3v) is 6.04. The lowest BCUT2D eigenvalue weighted by Gasteiger charge is -2.26. The molecule has 0 aliphatic rings. The third kappa shape index (κ3) is 5.91. The number of hydrogen-bond donors (Lipinski definition) is 1. The van der Waals surface area contributed by atoms with Gasteiger partial charge in [-0.2, -0.15) is 0 Å². The highest BCUT2D eigenvalue weighted by Gasteiger charge is 2.18. The molecule has 0 saturated carbocycles. The fraction of sp³-hybridized carbons (Fsp3) is 0.250. The molecule has 1 atom stereocenters. The van der Waals surface area contributed by atoms with Gasteiger partial charge in [-0.25, -0.2) is 9.97 Å². The van der Waals surface area contributed by atoms with Crippen molar-refractivity contribution in [2.45, 2.75) is 39.3 Å². The van der Waals surface area contributed by atoms with Crippen molar-refractivity contribution in [3.8, 4) is 0 Å². The van der Waals surface area contributed by atoms with E-state index >= 15 is 0 Å². The minimum atomic E-state index is -0.0509. The maximum absolute atomic E-state index is 12.9. The summed E-state index contributed by atoms with van der Waals surface area (Å²) in [4.78, 5) is 24.6. The Kier molecular flexibility index (Phi) is 7.76. The molecule has 1 N–H and O–H groups in total. The number of nitrogens with zero attached hydrogens (tertiary/aromatic N) is 3. The standard InChI is InChI=1S/C28H29ClN4O/c1-3-26-31-25-18-23(29)14-15-24(25)28(32-26)33(19-21-10-6-4-7-11-21)17-16-27(34)30-20(2)22-12-8-5-9-13-22/h4-15,18,20H,3,16-17,19H2,1-2H3,(H,30,34)/t20-/m0/s1. The van der Waals surface area contributed by atoms with Crippen molar-refractivity contribution in [2.75, 3.05) is 11.4 Å². The van der Waals surface area contributed by atoms with Crippen LogP contribution in [0.15, 0.2) is 78.9 Å². The summed E-state index contributed by atoms with van der Waals surface area (Å²) < 4.78 is 0. The van der Waals surface area contributed by atoms with Crippen molar-refractivity contribution >= 4 is 34.2 Å².